The van der Waals surface area contributed by atoms with E-state index in [4.69, 9.17) is 10.9 Å². The van der Waals surface area contributed by atoms with Crippen LogP contribution in [-0.4, -0.2) is 17.3 Å². The van der Waals surface area contributed by atoms with E-state index in [-0.39, 0.29) is 5.84 Å². The van der Waals surface area contributed by atoms with Gasteiger partial charge >= 0.3 is 0 Å². The normalized spacial score (nSPS) is 11.4. The lowest BCUT2D eigenvalue weighted by Gasteiger charge is -2.09. The van der Waals surface area contributed by atoms with E-state index in [1.807, 2.05) is 30.5 Å². The van der Waals surface area contributed by atoms with Crippen LogP contribution in [0.25, 0.3) is 0 Å². The highest BCUT2D eigenvalue weighted by atomic mass is 32.2. The summed E-state index contributed by atoms with van der Waals surface area (Å²) in [6.07, 6.45) is 2.00. The van der Waals surface area contributed by atoms with Gasteiger partial charge in [-0.05, 0) is 30.5 Å². The van der Waals surface area contributed by atoms with Crippen molar-refractivity contribution in [2.45, 2.75) is 11.4 Å². The summed E-state index contributed by atoms with van der Waals surface area (Å²) in [5, 5.41) is 14.6. The first-order valence-corrected chi connectivity index (χ1v) is 7.50. The number of amidine groups is 1. The Morgan fingerprint density at radius 1 is 1.33 bits per heavy atom. The predicted octanol–water partition coefficient (Wildman–Crippen LogP) is 3.25. The van der Waals surface area contributed by atoms with Gasteiger partial charge in [0, 0.05) is 28.3 Å². The number of oxime groups is 1. The molecule has 0 amide bonds. The van der Waals surface area contributed by atoms with Gasteiger partial charge in [0.1, 0.15) is 5.82 Å². The Morgan fingerprint density at radius 2 is 2.14 bits per heavy atom. The maximum absolute atomic E-state index is 14.0. The zero-order valence-corrected chi connectivity index (χ0v) is 12.3. The lowest BCUT2D eigenvalue weighted by atomic mass is 10.1. The first-order chi connectivity index (χ1) is 10.1. The van der Waals surface area contributed by atoms with Crippen LogP contribution in [0.1, 0.15) is 11.1 Å². The fourth-order valence-corrected chi connectivity index (χ4v) is 2.30. The Morgan fingerprint density at radius 3 is 2.81 bits per heavy atom. The summed E-state index contributed by atoms with van der Waals surface area (Å²) in [7, 11) is 0. The molecule has 0 saturated heterocycles. The van der Waals surface area contributed by atoms with Crippen LogP contribution in [0.2, 0.25) is 0 Å². The quantitative estimate of drug-likeness (QED) is 0.261. The number of nitrogens with two attached hydrogens (primary N) is 1. The van der Waals surface area contributed by atoms with Gasteiger partial charge in [-0.15, -0.1) is 11.8 Å². The van der Waals surface area contributed by atoms with Gasteiger partial charge in [-0.3, -0.25) is 0 Å². The van der Waals surface area contributed by atoms with Crippen LogP contribution in [0.5, 0.6) is 0 Å². The highest BCUT2D eigenvalue weighted by Crippen LogP contribution is 2.20. The summed E-state index contributed by atoms with van der Waals surface area (Å²) in [5.74, 6) is -0.506. The summed E-state index contributed by atoms with van der Waals surface area (Å²) in [4.78, 5) is 1.14. The average Bonchev–Trinajstić information content (AvgIpc) is 2.53. The molecule has 0 spiro atoms. The van der Waals surface area contributed by atoms with Crippen LogP contribution >= 0.6 is 11.8 Å². The van der Waals surface area contributed by atoms with Gasteiger partial charge in [-0.25, -0.2) is 4.39 Å². The minimum Gasteiger partial charge on any atom is -0.409 e. The second-order valence-corrected chi connectivity index (χ2v) is 5.26. The number of halogens is 1. The molecule has 0 saturated carbocycles. The summed E-state index contributed by atoms with van der Waals surface area (Å²) >= 11 is 1.65. The molecule has 4 nitrogen and oxygen atoms in total. The number of nitrogens with one attached hydrogen (secondary N) is 1. The van der Waals surface area contributed by atoms with E-state index < -0.39 is 5.82 Å². The minimum atomic E-state index is -0.396. The maximum atomic E-state index is 14.0. The van der Waals surface area contributed by atoms with Crippen molar-refractivity contribution in [1.82, 2.24) is 0 Å². The molecule has 2 rings (SSSR count). The molecule has 6 heteroatoms. The summed E-state index contributed by atoms with van der Waals surface area (Å²) in [6, 6.07) is 12.4. The van der Waals surface area contributed by atoms with Crippen molar-refractivity contribution in [3.8, 4) is 0 Å². The van der Waals surface area contributed by atoms with E-state index >= 15 is 0 Å². The van der Waals surface area contributed by atoms with Crippen LogP contribution in [0, 0.1) is 5.82 Å². The van der Waals surface area contributed by atoms with Crippen molar-refractivity contribution in [2.24, 2.45) is 10.9 Å². The number of rotatable bonds is 5. The van der Waals surface area contributed by atoms with E-state index in [0.29, 0.717) is 17.7 Å². The predicted molar refractivity (Wildman–Crippen MR) is 84.5 cm³/mol. The molecule has 0 unspecified atom stereocenters. The maximum Gasteiger partial charge on any atom is 0.170 e. The third-order valence-corrected chi connectivity index (χ3v) is 3.73. The molecule has 0 aliphatic rings. The van der Waals surface area contributed by atoms with Crippen LogP contribution in [-0.2, 0) is 6.54 Å². The number of anilines is 1. The van der Waals surface area contributed by atoms with Gasteiger partial charge in [0.2, 0.25) is 0 Å². The van der Waals surface area contributed by atoms with Crippen LogP contribution < -0.4 is 11.1 Å². The summed E-state index contributed by atoms with van der Waals surface area (Å²) in [6.45, 7) is 0.361. The van der Waals surface area contributed by atoms with Crippen molar-refractivity contribution in [2.75, 3.05) is 11.6 Å². The van der Waals surface area contributed by atoms with Gasteiger partial charge in [-0.2, -0.15) is 0 Å². The first-order valence-electron chi connectivity index (χ1n) is 6.28. The van der Waals surface area contributed by atoms with Gasteiger partial charge in [0.25, 0.3) is 0 Å². The second-order valence-electron chi connectivity index (χ2n) is 4.38. The number of hydrogen-bond donors (Lipinski definition) is 3. The smallest absolute Gasteiger partial charge is 0.170 e. The van der Waals surface area contributed by atoms with E-state index in [0.717, 1.165) is 10.6 Å². The van der Waals surface area contributed by atoms with E-state index in [9.17, 15) is 4.39 Å². The first kappa shape index (κ1) is 15.2. The molecule has 0 atom stereocenters. The molecule has 0 aliphatic heterocycles. The minimum absolute atomic E-state index is 0.110. The SMILES string of the molecule is CSc1cccc(NCc2ccc(C(N)=NO)cc2F)c1. The van der Waals surface area contributed by atoms with Crippen molar-refractivity contribution < 1.29 is 9.60 Å². The molecule has 4 N–H and O–H groups in total. The molecule has 0 fully saturated rings. The molecule has 0 radical (unpaired) electrons. The van der Waals surface area contributed by atoms with Gasteiger partial charge in [-0.1, -0.05) is 23.4 Å². The van der Waals surface area contributed by atoms with Crippen LogP contribution in [0.15, 0.2) is 52.5 Å². The average molecular weight is 305 g/mol. The monoisotopic (exact) mass is 305 g/mol. The fourth-order valence-electron chi connectivity index (χ4n) is 1.84. The molecule has 2 aromatic carbocycles. The van der Waals surface area contributed by atoms with Crippen molar-refractivity contribution >= 4 is 23.3 Å². The summed E-state index contributed by atoms with van der Waals surface area (Å²) < 4.78 is 14.0. The third kappa shape index (κ3) is 3.88. The Labute approximate surface area is 126 Å². The molecular formula is C15H16FN3OS. The van der Waals surface area contributed by atoms with Gasteiger partial charge in [0.05, 0.1) is 0 Å². The second kappa shape index (κ2) is 6.99. The number of benzene rings is 2. The van der Waals surface area contributed by atoms with E-state index in [2.05, 4.69) is 10.5 Å². The molecule has 21 heavy (non-hydrogen) atoms. The number of thioether (sulfide) groups is 1. The highest BCUT2D eigenvalue weighted by molar-refractivity contribution is 7.98. The molecule has 0 heterocycles. The van der Waals surface area contributed by atoms with Gasteiger partial charge in [0.15, 0.2) is 5.84 Å². The topological polar surface area (TPSA) is 70.6 Å². The fraction of sp³-hybridized carbons (Fsp3) is 0.133. The summed E-state index contributed by atoms with van der Waals surface area (Å²) in [5.41, 5.74) is 7.22. The zero-order chi connectivity index (χ0) is 15.2. The lowest BCUT2D eigenvalue weighted by molar-refractivity contribution is 0.318. The van der Waals surface area contributed by atoms with Gasteiger partial charge < -0.3 is 16.3 Å². The molecule has 2 aromatic rings. The highest BCUT2D eigenvalue weighted by Gasteiger charge is 2.06. The molecule has 110 valence electrons. The number of nitrogens with zero attached hydrogens (tertiary/aromatic N) is 1. The van der Waals surface area contributed by atoms with Crippen molar-refractivity contribution in [3.05, 3.63) is 59.4 Å². The number of hydrogen-bond acceptors (Lipinski definition) is 4. The molecule has 0 bridgehead atoms. The largest absolute Gasteiger partial charge is 0.409 e. The van der Waals surface area contributed by atoms with Crippen LogP contribution in [0.4, 0.5) is 10.1 Å². The zero-order valence-electron chi connectivity index (χ0n) is 11.5. The molecular weight excluding hydrogens is 289 g/mol. The van der Waals surface area contributed by atoms with E-state index in [1.54, 1.807) is 23.9 Å². The lowest BCUT2D eigenvalue weighted by Crippen LogP contribution is -2.14. The molecule has 0 aliphatic carbocycles. The standard InChI is InChI=1S/C15H16FN3OS/c1-21-13-4-2-3-12(8-13)18-9-11-6-5-10(7-14(11)16)15(17)19-20/h2-8,18,20H,9H2,1H3,(H2,17,19). The van der Waals surface area contributed by atoms with Crippen LogP contribution in [0.3, 0.4) is 0 Å². The van der Waals surface area contributed by atoms with Crippen molar-refractivity contribution in [1.29, 1.82) is 0 Å². The van der Waals surface area contributed by atoms with E-state index in [1.165, 1.54) is 6.07 Å². The Bertz CT molecular complexity index is 661. The third-order valence-electron chi connectivity index (χ3n) is 3.01. The molecule has 0 aromatic heterocycles. The van der Waals surface area contributed by atoms with Crippen molar-refractivity contribution in [3.63, 3.8) is 0 Å². The Kier molecular flexibility index (Phi) is 5.05. The Hall–Kier alpha value is -2.21. The Balaban J connectivity index is 2.09.